The van der Waals surface area contributed by atoms with E-state index in [2.05, 4.69) is 0 Å². The molecule has 5 heteroatoms. The smallest absolute Gasteiger partial charge is 0.344 e. The molecule has 4 fully saturated rings. The SMILES string of the molecule is CC(C)(C)OC(=O)COC(=O)C12CC3CC(C1)C(=O)C(C3)C2. The second-order valence-corrected chi connectivity index (χ2v) is 8.19. The molecular weight excluding hydrogens is 284 g/mol. The summed E-state index contributed by atoms with van der Waals surface area (Å²) < 4.78 is 10.4. The van der Waals surface area contributed by atoms with Gasteiger partial charge in [-0.3, -0.25) is 9.59 Å². The Morgan fingerprint density at radius 2 is 1.73 bits per heavy atom. The minimum Gasteiger partial charge on any atom is -0.457 e. The third-order valence-electron chi connectivity index (χ3n) is 5.17. The standard InChI is InChI=1S/C17H24O5/c1-16(2,3)22-13(18)9-21-15(20)17-6-10-4-11(7-17)14(19)12(5-10)8-17/h10-12H,4-9H2,1-3H3. The lowest BCUT2D eigenvalue weighted by molar-refractivity contribution is -0.181. The van der Waals surface area contributed by atoms with Gasteiger partial charge in [0.2, 0.25) is 0 Å². The van der Waals surface area contributed by atoms with Crippen molar-refractivity contribution in [3.05, 3.63) is 0 Å². The molecule has 4 rings (SSSR count). The summed E-state index contributed by atoms with van der Waals surface area (Å²) >= 11 is 0. The first-order valence-electron chi connectivity index (χ1n) is 8.11. The van der Waals surface area contributed by atoms with Crippen molar-refractivity contribution >= 4 is 17.7 Å². The van der Waals surface area contributed by atoms with Gasteiger partial charge in [-0.1, -0.05) is 0 Å². The lowest BCUT2D eigenvalue weighted by atomic mass is 9.49. The van der Waals surface area contributed by atoms with E-state index in [-0.39, 0.29) is 24.4 Å². The fraction of sp³-hybridized carbons (Fsp3) is 0.824. The van der Waals surface area contributed by atoms with Gasteiger partial charge in [0.05, 0.1) is 5.41 Å². The molecule has 4 aliphatic carbocycles. The summed E-state index contributed by atoms with van der Waals surface area (Å²) in [4.78, 5) is 36.4. The fourth-order valence-corrected chi connectivity index (χ4v) is 4.65. The van der Waals surface area contributed by atoms with Crippen molar-refractivity contribution in [2.75, 3.05) is 6.61 Å². The number of esters is 2. The van der Waals surface area contributed by atoms with Crippen molar-refractivity contribution in [2.45, 2.75) is 58.5 Å². The minimum absolute atomic E-state index is 0.0281. The third-order valence-corrected chi connectivity index (χ3v) is 5.17. The summed E-state index contributed by atoms with van der Waals surface area (Å²) in [6.45, 7) is 4.98. The Balaban J connectivity index is 1.61. The van der Waals surface area contributed by atoms with Gasteiger partial charge in [0.25, 0.3) is 0 Å². The predicted molar refractivity (Wildman–Crippen MR) is 77.8 cm³/mol. The van der Waals surface area contributed by atoms with Crippen LogP contribution in [0.3, 0.4) is 0 Å². The van der Waals surface area contributed by atoms with E-state index in [1.807, 2.05) is 0 Å². The predicted octanol–water partition coefficient (Wildman–Crippen LogP) is 2.27. The lowest BCUT2D eigenvalue weighted by Gasteiger charge is -2.53. The van der Waals surface area contributed by atoms with Gasteiger partial charge in [-0.05, 0) is 58.8 Å². The van der Waals surface area contributed by atoms with E-state index in [4.69, 9.17) is 9.47 Å². The van der Waals surface area contributed by atoms with Crippen molar-refractivity contribution in [2.24, 2.45) is 23.2 Å². The van der Waals surface area contributed by atoms with Gasteiger partial charge < -0.3 is 9.47 Å². The van der Waals surface area contributed by atoms with Crippen LogP contribution in [0.1, 0.15) is 52.9 Å². The van der Waals surface area contributed by atoms with E-state index < -0.39 is 17.0 Å². The molecule has 5 nitrogen and oxygen atoms in total. The monoisotopic (exact) mass is 308 g/mol. The van der Waals surface area contributed by atoms with E-state index in [0.29, 0.717) is 24.5 Å². The first-order valence-corrected chi connectivity index (χ1v) is 8.11. The van der Waals surface area contributed by atoms with Gasteiger partial charge in [0, 0.05) is 11.8 Å². The van der Waals surface area contributed by atoms with Crippen LogP contribution in [0.15, 0.2) is 0 Å². The van der Waals surface area contributed by atoms with Crippen LogP contribution in [0.5, 0.6) is 0 Å². The molecule has 0 N–H and O–H groups in total. The highest BCUT2D eigenvalue weighted by Gasteiger charge is 2.59. The first-order chi connectivity index (χ1) is 10.2. The normalized spacial score (nSPS) is 36.3. The summed E-state index contributed by atoms with van der Waals surface area (Å²) in [7, 11) is 0. The van der Waals surface area contributed by atoms with Crippen molar-refractivity contribution in [1.29, 1.82) is 0 Å². The summed E-state index contributed by atoms with van der Waals surface area (Å²) in [5.41, 5.74) is -1.12. The molecule has 0 saturated heterocycles. The molecule has 0 amide bonds. The van der Waals surface area contributed by atoms with Crippen molar-refractivity contribution in [3.63, 3.8) is 0 Å². The molecule has 0 aliphatic heterocycles. The zero-order valence-corrected chi connectivity index (χ0v) is 13.5. The molecule has 4 bridgehead atoms. The molecule has 0 spiro atoms. The number of hydrogen-bond acceptors (Lipinski definition) is 5. The zero-order chi connectivity index (χ0) is 16.1. The second kappa shape index (κ2) is 5.07. The van der Waals surface area contributed by atoms with Crippen LogP contribution >= 0.6 is 0 Å². The fourth-order valence-electron chi connectivity index (χ4n) is 4.65. The maximum atomic E-state index is 12.5. The van der Waals surface area contributed by atoms with E-state index >= 15 is 0 Å². The second-order valence-electron chi connectivity index (χ2n) is 8.19. The number of carbonyl (C=O) groups excluding carboxylic acids is 3. The van der Waals surface area contributed by atoms with Crippen molar-refractivity contribution in [3.8, 4) is 0 Å². The molecule has 22 heavy (non-hydrogen) atoms. The number of ether oxygens (including phenoxy) is 2. The van der Waals surface area contributed by atoms with Gasteiger partial charge in [-0.25, -0.2) is 4.79 Å². The van der Waals surface area contributed by atoms with Crippen LogP contribution < -0.4 is 0 Å². The molecule has 4 aliphatic rings. The Bertz CT molecular complexity index is 498. The molecule has 2 atom stereocenters. The average Bonchev–Trinajstić information content (AvgIpc) is 2.39. The number of ketones is 1. The zero-order valence-electron chi connectivity index (χ0n) is 13.5. The topological polar surface area (TPSA) is 69.7 Å². The molecule has 122 valence electrons. The van der Waals surface area contributed by atoms with Crippen molar-refractivity contribution < 1.29 is 23.9 Å². The van der Waals surface area contributed by atoms with Crippen LogP contribution in [0.4, 0.5) is 0 Å². The third kappa shape index (κ3) is 2.77. The van der Waals surface area contributed by atoms with Crippen LogP contribution in [0.2, 0.25) is 0 Å². The molecular formula is C17H24O5. The number of rotatable bonds is 3. The Morgan fingerprint density at radius 3 is 2.27 bits per heavy atom. The average molecular weight is 308 g/mol. The van der Waals surface area contributed by atoms with Crippen LogP contribution in [0, 0.1) is 23.2 Å². The number of hydrogen-bond donors (Lipinski definition) is 0. The lowest BCUT2D eigenvalue weighted by Crippen LogP contribution is -2.55. The minimum atomic E-state index is -0.587. The summed E-state index contributed by atoms with van der Waals surface area (Å²) in [5, 5.41) is 0. The first kappa shape index (κ1) is 15.5. The molecule has 0 aromatic rings. The number of carbonyl (C=O) groups is 3. The molecule has 4 saturated carbocycles. The maximum Gasteiger partial charge on any atom is 0.344 e. The highest BCUT2D eigenvalue weighted by Crippen LogP contribution is 2.59. The summed E-state index contributed by atoms with van der Waals surface area (Å²) in [5.74, 6) is 0.0170. The largest absolute Gasteiger partial charge is 0.457 e. The molecule has 2 unspecified atom stereocenters. The van der Waals surface area contributed by atoms with Crippen LogP contribution in [-0.4, -0.2) is 29.9 Å². The Kier molecular flexibility index (Phi) is 3.57. The van der Waals surface area contributed by atoms with E-state index in [0.717, 1.165) is 19.3 Å². The Morgan fingerprint density at radius 1 is 1.14 bits per heavy atom. The Hall–Kier alpha value is -1.39. The van der Waals surface area contributed by atoms with Gasteiger partial charge in [0.15, 0.2) is 6.61 Å². The summed E-state index contributed by atoms with van der Waals surface area (Å²) in [6.07, 6.45) is 3.87. The van der Waals surface area contributed by atoms with E-state index in [1.54, 1.807) is 20.8 Å². The number of Topliss-reactive ketones (excluding diaryl/α,β-unsaturated/α-hetero) is 1. The Labute approximate surface area is 130 Å². The molecule has 0 aromatic carbocycles. The summed E-state index contributed by atoms with van der Waals surface area (Å²) in [6, 6.07) is 0. The highest BCUT2D eigenvalue weighted by molar-refractivity contribution is 5.90. The van der Waals surface area contributed by atoms with Crippen LogP contribution in [0.25, 0.3) is 0 Å². The van der Waals surface area contributed by atoms with Gasteiger partial charge in [0.1, 0.15) is 11.4 Å². The van der Waals surface area contributed by atoms with Crippen LogP contribution in [-0.2, 0) is 23.9 Å². The highest BCUT2D eigenvalue weighted by atomic mass is 16.6. The molecule has 0 heterocycles. The quantitative estimate of drug-likeness (QED) is 0.748. The molecule has 0 radical (unpaired) electrons. The maximum absolute atomic E-state index is 12.5. The van der Waals surface area contributed by atoms with E-state index in [9.17, 15) is 14.4 Å². The van der Waals surface area contributed by atoms with E-state index in [1.165, 1.54) is 0 Å². The molecule has 0 aromatic heterocycles. The van der Waals surface area contributed by atoms with Gasteiger partial charge in [-0.15, -0.1) is 0 Å². The van der Waals surface area contributed by atoms with Gasteiger partial charge in [-0.2, -0.15) is 0 Å². The van der Waals surface area contributed by atoms with Gasteiger partial charge >= 0.3 is 11.9 Å². The van der Waals surface area contributed by atoms with Crippen molar-refractivity contribution in [1.82, 2.24) is 0 Å².